The second kappa shape index (κ2) is 14.9. The van der Waals surface area contributed by atoms with Crippen LogP contribution in [-0.2, 0) is 13.1 Å². The molecular formula is C17H38Cl2MnN5-5. The van der Waals surface area contributed by atoms with Crippen molar-refractivity contribution in [2.24, 2.45) is 0 Å². The third-order valence-corrected chi connectivity index (χ3v) is 4.57. The van der Waals surface area contributed by atoms with Crippen molar-refractivity contribution in [1.29, 1.82) is 0 Å². The van der Waals surface area contributed by atoms with E-state index in [-0.39, 0.29) is 17.4 Å². The van der Waals surface area contributed by atoms with Gasteiger partial charge in [-0.3, -0.25) is 0 Å². The van der Waals surface area contributed by atoms with Crippen molar-refractivity contribution < 1.29 is 17.4 Å². The molecule has 2 aliphatic rings. The van der Waals surface area contributed by atoms with Crippen molar-refractivity contribution in [3.63, 3.8) is 0 Å². The zero-order valence-electron chi connectivity index (χ0n) is 15.6. The van der Waals surface area contributed by atoms with Gasteiger partial charge in [-0.25, -0.2) is 0 Å². The average molecular weight is 438 g/mol. The maximum Gasteiger partial charge on any atom is 0 e. The van der Waals surface area contributed by atoms with Gasteiger partial charge in [-0.05, 0) is 0 Å². The first-order chi connectivity index (χ1) is 12.1. The molecule has 0 aromatic heterocycles. The van der Waals surface area contributed by atoms with Crippen LogP contribution in [-0.4, -0.2) is 62.9 Å². The van der Waals surface area contributed by atoms with E-state index in [9.17, 15) is 0 Å². The summed E-state index contributed by atoms with van der Waals surface area (Å²) in [5.41, 5.74) is 0. The number of nitrogens with zero attached hydrogens (tertiary/aromatic N) is 5. The minimum Gasteiger partial charge on any atom is 0 e. The number of hydrogen-bond acceptors (Lipinski definition) is 0. The molecule has 1 saturated heterocycles. The normalized spacial score (nSPS) is 36.1. The number of halogens is 2. The van der Waals surface area contributed by atoms with E-state index in [1.54, 1.807) is 0 Å². The number of hydrogen-bond donors (Lipinski definition) is 0. The zero-order valence-corrected chi connectivity index (χ0v) is 18.3. The summed E-state index contributed by atoms with van der Waals surface area (Å²) in [6.45, 7) is 10.6. The van der Waals surface area contributed by atoms with Crippen LogP contribution in [0.2, 0.25) is 0 Å². The molecule has 5 nitrogen and oxygen atoms in total. The second-order valence-electron chi connectivity index (χ2n) is 6.93. The van der Waals surface area contributed by atoms with E-state index < -0.39 is 0 Å². The molecule has 2 rings (SSSR count). The van der Waals surface area contributed by atoms with Crippen LogP contribution in [0.4, 0.5) is 0 Å². The Bertz CT molecular complexity index is 341. The average Bonchev–Trinajstić information content (AvgIpc) is 2.61. The third-order valence-electron chi connectivity index (χ3n) is 4.57. The van der Waals surface area contributed by atoms with Crippen molar-refractivity contribution in [3.05, 3.63) is 26.6 Å². The molecule has 0 amide bonds. The van der Waals surface area contributed by atoms with Crippen LogP contribution in [0.1, 0.15) is 50.7 Å². The number of rotatable bonds is 0. The Morgan fingerprint density at radius 2 is 1.04 bits per heavy atom. The van der Waals surface area contributed by atoms with Crippen LogP contribution >= 0.6 is 20.2 Å². The molecule has 25 heavy (non-hydrogen) atoms. The quantitative estimate of drug-likeness (QED) is 0.390. The molecule has 0 aromatic carbocycles. The molecule has 0 N–H and O–H groups in total. The second-order valence-corrected chi connectivity index (χ2v) is 8.88. The molecule has 2 fully saturated rings. The Morgan fingerprint density at radius 3 is 1.48 bits per heavy atom. The van der Waals surface area contributed by atoms with E-state index in [0.717, 1.165) is 32.7 Å². The maximum absolute atomic E-state index is 4.94. The van der Waals surface area contributed by atoms with E-state index in [1.165, 1.54) is 25.7 Å². The number of fused-ring (bicyclic) bond motifs is 1. The van der Waals surface area contributed by atoms with Crippen LogP contribution in [0.15, 0.2) is 0 Å². The minimum absolute atomic E-state index is 0. The molecule has 8 heteroatoms. The van der Waals surface area contributed by atoms with Gasteiger partial charge in [0.2, 0.25) is 0 Å². The molecule has 0 bridgehead atoms. The fraction of sp³-hybridized carbons (Fsp3) is 1.00. The van der Waals surface area contributed by atoms with Crippen molar-refractivity contribution in [1.82, 2.24) is 0 Å². The molecular weight excluding hydrogens is 400 g/mol. The van der Waals surface area contributed by atoms with E-state index in [0.29, 0.717) is 30.2 Å². The molecule has 0 unspecified atom stereocenters. The zero-order chi connectivity index (χ0) is 18.5. The first-order valence-electron chi connectivity index (χ1n) is 9.26. The molecule has 0 aromatic rings. The van der Waals surface area contributed by atoms with Crippen molar-refractivity contribution in [3.8, 4) is 0 Å². The Morgan fingerprint density at radius 1 is 0.680 bits per heavy atom. The summed E-state index contributed by atoms with van der Waals surface area (Å²) in [5.74, 6) is 0. The summed E-state index contributed by atoms with van der Waals surface area (Å²) in [6, 6.07) is 1.72. The van der Waals surface area contributed by atoms with Gasteiger partial charge in [-0.1, -0.05) is 46.5 Å². The summed E-state index contributed by atoms with van der Waals surface area (Å²) in [4.78, 5) is 0. The van der Waals surface area contributed by atoms with Gasteiger partial charge in [0.25, 0.3) is 0 Å². The van der Waals surface area contributed by atoms with Crippen LogP contribution in [0.25, 0.3) is 26.6 Å². The largest absolute Gasteiger partial charge is 0 e. The van der Waals surface area contributed by atoms with Gasteiger partial charge in [0.05, 0.1) is 0 Å². The van der Waals surface area contributed by atoms with Gasteiger partial charge in [0, 0.05) is 4.28 Å². The molecule has 1 saturated carbocycles. The summed E-state index contributed by atoms with van der Waals surface area (Å²) in [5, 5.41) is 23.9. The molecule has 0 radical (unpaired) electrons. The topological polar surface area (TPSA) is 70.5 Å². The van der Waals surface area contributed by atoms with Crippen LogP contribution in [0.5, 0.6) is 0 Å². The smallest absolute Gasteiger partial charge is 0 e. The third kappa shape index (κ3) is 11.4. The predicted octanol–water partition coefficient (Wildman–Crippen LogP) is 6.46. The van der Waals surface area contributed by atoms with Crippen molar-refractivity contribution in [2.45, 2.75) is 76.7 Å². The Hall–Kier alpha value is 0.899. The Labute approximate surface area is 173 Å². The van der Waals surface area contributed by atoms with Gasteiger partial charge in [0.15, 0.2) is 0 Å². The SMILES string of the molecule is C[C@@H]1C[N-][C@@H](C)C[N-][C@@H]2CCCC[C@H]2[N-]C[C@H](C)[N-]CC[N-]1.[Cl][Mn][Cl].[HH].[HH].[HH]. The summed E-state index contributed by atoms with van der Waals surface area (Å²) < 4.78 is 0. The van der Waals surface area contributed by atoms with E-state index in [4.69, 9.17) is 36.1 Å². The molecule has 1 heterocycles. The molecule has 1 aliphatic heterocycles. The maximum atomic E-state index is 4.94. The van der Waals surface area contributed by atoms with Gasteiger partial charge in [-0.15, -0.1) is 0 Å². The molecule has 157 valence electrons. The van der Waals surface area contributed by atoms with Crippen LogP contribution in [0, 0.1) is 0 Å². The van der Waals surface area contributed by atoms with E-state index in [1.807, 2.05) is 0 Å². The molecule has 5 atom stereocenters. The monoisotopic (exact) mass is 437 g/mol. The fourth-order valence-electron chi connectivity index (χ4n) is 3.16. The Balaban J connectivity index is -0.000000978. The molecule has 0 spiro atoms. The standard InChI is InChI=1S/C17H32N5.2ClH.Mn.3H2/c1-13-10-20-15(3)12-22-17-7-5-4-6-16(17)21-11-14(2)19-9-8-18-13;;;;;;/h13-17H,4-12H2,1-3H3;2*1H;;3*1H/q-5;;;+2;;;/p-2/t13-,14+,15+,16-,17-;;;;;;/m1....../s1. The predicted molar refractivity (Wildman–Crippen MR) is 114 cm³/mol. The Kier molecular flexibility index (Phi) is 14.3. The van der Waals surface area contributed by atoms with Gasteiger partial charge >= 0.3 is 33.3 Å². The first-order valence-corrected chi connectivity index (χ1v) is 12.5. The van der Waals surface area contributed by atoms with Crippen molar-refractivity contribution >= 4 is 20.2 Å². The van der Waals surface area contributed by atoms with Gasteiger partial charge in [0.1, 0.15) is 0 Å². The van der Waals surface area contributed by atoms with E-state index >= 15 is 0 Å². The summed E-state index contributed by atoms with van der Waals surface area (Å²) >= 11 is 0.00694. The van der Waals surface area contributed by atoms with Gasteiger partial charge in [-0.2, -0.15) is 62.9 Å². The van der Waals surface area contributed by atoms with Crippen molar-refractivity contribution in [2.75, 3.05) is 32.7 Å². The first kappa shape index (κ1) is 23.9. The molecule has 1 aliphatic carbocycles. The van der Waals surface area contributed by atoms with E-state index in [2.05, 4.69) is 31.4 Å². The van der Waals surface area contributed by atoms with Crippen LogP contribution < -0.4 is 0 Å². The fourth-order valence-corrected chi connectivity index (χ4v) is 3.16. The van der Waals surface area contributed by atoms with Crippen LogP contribution in [0.3, 0.4) is 0 Å². The summed E-state index contributed by atoms with van der Waals surface area (Å²) in [6.07, 6.45) is 4.97. The summed E-state index contributed by atoms with van der Waals surface area (Å²) in [7, 11) is 9.59. The minimum atomic E-state index is 0. The van der Waals surface area contributed by atoms with Gasteiger partial charge < -0.3 is 26.6 Å².